The molecule has 0 unspecified atom stereocenters. The van der Waals surface area contributed by atoms with Gasteiger partial charge in [0.2, 0.25) is 15.9 Å². The molecule has 0 saturated heterocycles. The number of aliphatic hydroxyl groups is 1. The lowest BCUT2D eigenvalue weighted by atomic mass is 9.91. The number of hydrogen-bond acceptors (Lipinski definition) is 5. The number of amides is 1. The highest BCUT2D eigenvalue weighted by atomic mass is 32.2. The van der Waals surface area contributed by atoms with Gasteiger partial charge in [-0.15, -0.1) is 0 Å². The Bertz CT molecular complexity index is 837. The quantitative estimate of drug-likeness (QED) is 0.566. The van der Waals surface area contributed by atoms with E-state index in [0.29, 0.717) is 12.8 Å². The second kappa shape index (κ2) is 10.3. The van der Waals surface area contributed by atoms with Crippen LogP contribution in [0.4, 0.5) is 13.2 Å². The monoisotopic (exact) mass is 466 g/mol. The lowest BCUT2D eigenvalue weighted by Crippen LogP contribution is -2.53. The van der Waals surface area contributed by atoms with Gasteiger partial charge in [0.25, 0.3) is 0 Å². The molecule has 1 amide bonds. The van der Waals surface area contributed by atoms with E-state index in [1.165, 1.54) is 11.9 Å². The van der Waals surface area contributed by atoms with E-state index in [0.717, 1.165) is 47.8 Å². The molecule has 7 nitrogen and oxygen atoms in total. The fourth-order valence-electron chi connectivity index (χ4n) is 3.64. The average molecular weight is 467 g/mol. The van der Waals surface area contributed by atoms with Crippen molar-refractivity contribution in [2.24, 2.45) is 0 Å². The minimum atomic E-state index is -4.56. The standard InChI is InChI=1S/C20H29F3N2O5S/c1-24(13-14-26)18(27)10-15-30-19(11-4-3-5-12-19)25(2)31(28,29)17-8-6-16(7-9-17)20(21,22)23/h6-9,26H,3-5,10-15H2,1-2H3. The van der Waals surface area contributed by atoms with Crippen LogP contribution in [0.25, 0.3) is 0 Å². The zero-order valence-electron chi connectivity index (χ0n) is 17.7. The molecule has 0 heterocycles. The summed E-state index contributed by atoms with van der Waals surface area (Å²) in [6.45, 7) is 0.00873. The Hall–Kier alpha value is -1.69. The Morgan fingerprint density at radius 1 is 1.13 bits per heavy atom. The topological polar surface area (TPSA) is 87.2 Å². The number of sulfonamides is 1. The Balaban J connectivity index is 2.19. The fraction of sp³-hybridized carbons (Fsp3) is 0.650. The van der Waals surface area contributed by atoms with Gasteiger partial charge in [0, 0.05) is 20.6 Å². The van der Waals surface area contributed by atoms with E-state index in [9.17, 15) is 26.4 Å². The number of hydrogen-bond donors (Lipinski definition) is 1. The summed E-state index contributed by atoms with van der Waals surface area (Å²) in [5.74, 6) is -0.242. The maximum atomic E-state index is 13.1. The Morgan fingerprint density at radius 2 is 1.71 bits per heavy atom. The number of halogens is 3. The molecule has 1 aliphatic carbocycles. The molecule has 1 aromatic rings. The lowest BCUT2D eigenvalue weighted by Gasteiger charge is -2.43. The highest BCUT2D eigenvalue weighted by Gasteiger charge is 2.44. The van der Waals surface area contributed by atoms with Crippen LogP contribution in [0.5, 0.6) is 0 Å². The molecule has 1 saturated carbocycles. The van der Waals surface area contributed by atoms with Gasteiger partial charge in [0.1, 0.15) is 5.72 Å². The number of ether oxygens (including phenoxy) is 1. The van der Waals surface area contributed by atoms with E-state index in [1.54, 1.807) is 7.05 Å². The number of alkyl halides is 3. The van der Waals surface area contributed by atoms with Gasteiger partial charge in [-0.1, -0.05) is 6.42 Å². The first-order valence-electron chi connectivity index (χ1n) is 10.1. The molecule has 176 valence electrons. The van der Waals surface area contributed by atoms with Crippen molar-refractivity contribution >= 4 is 15.9 Å². The summed E-state index contributed by atoms with van der Waals surface area (Å²) in [5.41, 5.74) is -2.10. The van der Waals surface area contributed by atoms with Crippen molar-refractivity contribution in [3.05, 3.63) is 29.8 Å². The zero-order valence-corrected chi connectivity index (χ0v) is 18.5. The first-order chi connectivity index (χ1) is 14.4. The van der Waals surface area contributed by atoms with Gasteiger partial charge in [-0.25, -0.2) is 8.42 Å². The van der Waals surface area contributed by atoms with Crippen molar-refractivity contribution < 1.29 is 36.2 Å². The molecule has 1 aromatic carbocycles. The maximum absolute atomic E-state index is 13.1. The van der Waals surface area contributed by atoms with Crippen molar-refractivity contribution in [1.82, 2.24) is 9.21 Å². The Morgan fingerprint density at radius 3 is 2.23 bits per heavy atom. The molecule has 31 heavy (non-hydrogen) atoms. The molecular weight excluding hydrogens is 437 g/mol. The number of carbonyl (C=O) groups is 1. The predicted molar refractivity (Wildman–Crippen MR) is 108 cm³/mol. The average Bonchev–Trinajstić information content (AvgIpc) is 2.73. The summed E-state index contributed by atoms with van der Waals surface area (Å²) in [6.07, 6.45) is -1.33. The minimum Gasteiger partial charge on any atom is -0.395 e. The van der Waals surface area contributed by atoms with Crippen LogP contribution in [-0.2, 0) is 25.7 Å². The molecule has 0 bridgehead atoms. The number of likely N-dealkylation sites (N-methyl/N-ethyl adjacent to an activating group) is 1. The third kappa shape index (κ3) is 6.18. The SMILES string of the molecule is CN(CCO)C(=O)CCOC1(N(C)S(=O)(=O)c2ccc(C(F)(F)F)cc2)CCCCC1. The van der Waals surface area contributed by atoms with Gasteiger partial charge in [-0.3, -0.25) is 4.79 Å². The van der Waals surface area contributed by atoms with E-state index in [1.807, 2.05) is 0 Å². The lowest BCUT2D eigenvalue weighted by molar-refractivity contribution is -0.147. The van der Waals surface area contributed by atoms with E-state index >= 15 is 0 Å². The molecule has 0 atom stereocenters. The minimum absolute atomic E-state index is 0.0124. The molecule has 1 N–H and O–H groups in total. The van der Waals surface area contributed by atoms with E-state index < -0.39 is 27.5 Å². The van der Waals surface area contributed by atoms with Gasteiger partial charge in [-0.05, 0) is 49.9 Å². The smallest absolute Gasteiger partial charge is 0.395 e. The van der Waals surface area contributed by atoms with Crippen LogP contribution < -0.4 is 0 Å². The predicted octanol–water partition coefficient (Wildman–Crippen LogP) is 2.84. The van der Waals surface area contributed by atoms with Crippen LogP contribution in [0.1, 0.15) is 44.1 Å². The fourth-order valence-corrected chi connectivity index (χ4v) is 5.11. The molecule has 1 aliphatic rings. The first kappa shape index (κ1) is 25.6. The molecule has 2 rings (SSSR count). The van der Waals surface area contributed by atoms with E-state index in [4.69, 9.17) is 9.84 Å². The van der Waals surface area contributed by atoms with Crippen molar-refractivity contribution in [1.29, 1.82) is 0 Å². The third-order valence-electron chi connectivity index (χ3n) is 5.60. The van der Waals surface area contributed by atoms with Crippen LogP contribution in [0, 0.1) is 0 Å². The summed E-state index contributed by atoms with van der Waals surface area (Å²) >= 11 is 0. The number of rotatable bonds is 9. The van der Waals surface area contributed by atoms with Crippen LogP contribution in [0.2, 0.25) is 0 Å². The molecule has 11 heteroatoms. The van der Waals surface area contributed by atoms with Crippen molar-refractivity contribution in [3.63, 3.8) is 0 Å². The van der Waals surface area contributed by atoms with Crippen molar-refractivity contribution in [2.45, 2.75) is 55.3 Å². The summed E-state index contributed by atoms with van der Waals surface area (Å²) in [7, 11) is -1.21. The second-order valence-corrected chi connectivity index (χ2v) is 9.61. The highest BCUT2D eigenvalue weighted by molar-refractivity contribution is 7.89. The summed E-state index contributed by atoms with van der Waals surface area (Å²) < 4.78 is 71.8. The Kier molecular flexibility index (Phi) is 8.48. The van der Waals surface area contributed by atoms with Gasteiger partial charge in [0.15, 0.2) is 0 Å². The summed E-state index contributed by atoms with van der Waals surface area (Å²) in [5, 5.41) is 8.93. The summed E-state index contributed by atoms with van der Waals surface area (Å²) in [6, 6.07) is 3.37. The van der Waals surface area contributed by atoms with Crippen LogP contribution in [-0.4, -0.2) is 68.2 Å². The van der Waals surface area contributed by atoms with Gasteiger partial charge < -0.3 is 14.7 Å². The first-order valence-corrected chi connectivity index (χ1v) is 11.5. The van der Waals surface area contributed by atoms with E-state index in [-0.39, 0.29) is 37.0 Å². The second-order valence-electron chi connectivity index (χ2n) is 7.64. The number of carbonyl (C=O) groups excluding carboxylic acids is 1. The normalized spacial score (nSPS) is 17.0. The molecule has 0 radical (unpaired) electrons. The van der Waals surface area contributed by atoms with E-state index in [2.05, 4.69) is 0 Å². The van der Waals surface area contributed by atoms with Gasteiger partial charge in [-0.2, -0.15) is 17.5 Å². The number of benzene rings is 1. The molecule has 1 fully saturated rings. The number of nitrogens with zero attached hydrogens (tertiary/aromatic N) is 2. The maximum Gasteiger partial charge on any atom is 0.416 e. The molecule has 0 spiro atoms. The van der Waals surface area contributed by atoms with Crippen molar-refractivity contribution in [2.75, 3.05) is 33.9 Å². The summed E-state index contributed by atoms with van der Waals surface area (Å²) in [4.78, 5) is 13.2. The third-order valence-corrected chi connectivity index (χ3v) is 7.52. The Labute approximate surface area is 180 Å². The molecular formula is C20H29F3N2O5S. The molecule has 0 aromatic heterocycles. The molecule has 0 aliphatic heterocycles. The van der Waals surface area contributed by atoms with Crippen molar-refractivity contribution in [3.8, 4) is 0 Å². The number of aliphatic hydroxyl groups excluding tert-OH is 1. The van der Waals surface area contributed by atoms with Crippen LogP contribution in [0.3, 0.4) is 0 Å². The van der Waals surface area contributed by atoms with Crippen LogP contribution >= 0.6 is 0 Å². The zero-order chi connectivity index (χ0) is 23.3. The van der Waals surface area contributed by atoms with Gasteiger partial charge >= 0.3 is 6.18 Å². The van der Waals surface area contributed by atoms with Gasteiger partial charge in [0.05, 0.1) is 30.1 Å². The van der Waals surface area contributed by atoms with Crippen LogP contribution in [0.15, 0.2) is 29.2 Å². The highest BCUT2D eigenvalue weighted by Crippen LogP contribution is 2.38. The largest absolute Gasteiger partial charge is 0.416 e.